The molecule has 92 valence electrons. The molecule has 0 aromatic heterocycles. The van der Waals surface area contributed by atoms with E-state index in [4.69, 9.17) is 17.0 Å². The zero-order chi connectivity index (χ0) is 12.3. The molecular formula is C12H16N2OS2. The Labute approximate surface area is 112 Å². The first-order chi connectivity index (χ1) is 8.27. The normalized spacial score (nSPS) is 19.2. The monoisotopic (exact) mass is 268 g/mol. The summed E-state index contributed by atoms with van der Waals surface area (Å²) < 4.78 is 5.42. The van der Waals surface area contributed by atoms with Gasteiger partial charge >= 0.3 is 0 Å². The van der Waals surface area contributed by atoms with Gasteiger partial charge in [-0.2, -0.15) is 0 Å². The van der Waals surface area contributed by atoms with Crippen molar-refractivity contribution in [1.29, 1.82) is 0 Å². The first-order valence-corrected chi connectivity index (χ1v) is 6.96. The minimum atomic E-state index is 0.256. The molecule has 17 heavy (non-hydrogen) atoms. The maximum atomic E-state index is 5.42. The summed E-state index contributed by atoms with van der Waals surface area (Å²) in [6.07, 6.45) is 0. The van der Waals surface area contributed by atoms with Gasteiger partial charge in [0.2, 0.25) is 0 Å². The Hall–Kier alpha value is -0.940. The van der Waals surface area contributed by atoms with E-state index >= 15 is 0 Å². The van der Waals surface area contributed by atoms with Gasteiger partial charge in [-0.3, -0.25) is 0 Å². The Morgan fingerprint density at radius 3 is 3.00 bits per heavy atom. The summed E-state index contributed by atoms with van der Waals surface area (Å²) in [6.45, 7) is 0.979. The molecule has 5 heteroatoms. The first kappa shape index (κ1) is 12.5. The molecule has 1 aliphatic heterocycles. The number of thiocarbonyl (C=S) groups is 1. The Bertz CT molecular complexity index is 411. The van der Waals surface area contributed by atoms with Crippen LogP contribution < -0.4 is 10.1 Å². The van der Waals surface area contributed by atoms with E-state index in [1.165, 1.54) is 5.56 Å². The average molecular weight is 268 g/mol. The minimum Gasteiger partial charge on any atom is -0.496 e. The van der Waals surface area contributed by atoms with Gasteiger partial charge in [-0.15, -0.1) is 11.8 Å². The number of nitrogens with one attached hydrogen (secondary N) is 1. The highest BCUT2D eigenvalue weighted by Gasteiger charge is 2.30. The van der Waals surface area contributed by atoms with Crippen LogP contribution in [0.2, 0.25) is 0 Å². The number of hydrogen-bond donors (Lipinski definition) is 1. The van der Waals surface area contributed by atoms with Crippen LogP contribution >= 0.6 is 24.0 Å². The molecule has 2 rings (SSSR count). The first-order valence-electron chi connectivity index (χ1n) is 5.50. The molecule has 3 nitrogen and oxygen atoms in total. The third-order valence-corrected chi connectivity index (χ3v) is 4.45. The van der Waals surface area contributed by atoms with Crippen molar-refractivity contribution in [1.82, 2.24) is 10.2 Å². The van der Waals surface area contributed by atoms with Gasteiger partial charge in [0, 0.05) is 24.9 Å². The molecule has 1 atom stereocenters. The molecule has 1 N–H and O–H groups in total. The van der Waals surface area contributed by atoms with E-state index in [0.29, 0.717) is 0 Å². The molecular weight excluding hydrogens is 252 g/mol. The lowest BCUT2D eigenvalue weighted by Gasteiger charge is -2.27. The lowest BCUT2D eigenvalue weighted by molar-refractivity contribution is 0.389. The highest BCUT2D eigenvalue weighted by molar-refractivity contribution is 7.99. The lowest BCUT2D eigenvalue weighted by Crippen LogP contribution is -2.37. The predicted molar refractivity (Wildman–Crippen MR) is 76.6 cm³/mol. The van der Waals surface area contributed by atoms with Crippen LogP contribution in [0.25, 0.3) is 0 Å². The molecule has 1 aliphatic rings. The van der Waals surface area contributed by atoms with Crippen molar-refractivity contribution in [2.45, 2.75) is 5.37 Å². The van der Waals surface area contributed by atoms with Gasteiger partial charge in [0.1, 0.15) is 11.1 Å². The van der Waals surface area contributed by atoms with Gasteiger partial charge < -0.3 is 15.0 Å². The smallest absolute Gasteiger partial charge is 0.169 e. The van der Waals surface area contributed by atoms with E-state index < -0.39 is 0 Å². The number of methoxy groups -OCH3 is 1. The van der Waals surface area contributed by atoms with Crippen molar-refractivity contribution in [3.8, 4) is 5.75 Å². The molecule has 1 fully saturated rings. The summed E-state index contributed by atoms with van der Waals surface area (Å²) in [5.74, 6) is 2.01. The SMILES string of the molecule is CNC(=S)N1CCSC1c1ccccc1OC. The van der Waals surface area contributed by atoms with Gasteiger partial charge in [0.25, 0.3) is 0 Å². The van der Waals surface area contributed by atoms with Gasteiger partial charge in [-0.25, -0.2) is 0 Å². The van der Waals surface area contributed by atoms with Crippen LogP contribution in [0.3, 0.4) is 0 Å². The fraction of sp³-hybridized carbons (Fsp3) is 0.417. The number of benzene rings is 1. The Morgan fingerprint density at radius 1 is 1.53 bits per heavy atom. The van der Waals surface area contributed by atoms with Crippen LogP contribution in [0.1, 0.15) is 10.9 Å². The van der Waals surface area contributed by atoms with Crippen molar-refractivity contribution >= 4 is 29.1 Å². The second kappa shape index (κ2) is 5.60. The second-order valence-corrected chi connectivity index (χ2v) is 5.29. The largest absolute Gasteiger partial charge is 0.496 e. The van der Waals surface area contributed by atoms with E-state index in [1.807, 2.05) is 37.0 Å². The number of nitrogens with zero attached hydrogens (tertiary/aromatic N) is 1. The summed E-state index contributed by atoms with van der Waals surface area (Å²) >= 11 is 7.23. The number of thioether (sulfide) groups is 1. The fourth-order valence-corrected chi connectivity index (χ4v) is 3.50. The van der Waals surface area contributed by atoms with Crippen LogP contribution in [-0.4, -0.2) is 36.5 Å². The standard InChI is InChI=1S/C12H16N2OS2/c1-13-12(16)14-7-8-17-11(14)9-5-3-4-6-10(9)15-2/h3-6,11H,7-8H2,1-2H3,(H,13,16). The molecule has 0 spiro atoms. The minimum absolute atomic E-state index is 0.256. The van der Waals surface area contributed by atoms with E-state index in [0.717, 1.165) is 23.2 Å². The molecule has 1 aromatic rings. The van der Waals surface area contributed by atoms with Gasteiger partial charge in [-0.1, -0.05) is 18.2 Å². The average Bonchev–Trinajstić information content (AvgIpc) is 2.86. The lowest BCUT2D eigenvalue weighted by atomic mass is 10.2. The Balaban J connectivity index is 2.29. The van der Waals surface area contributed by atoms with E-state index in [1.54, 1.807) is 7.11 Å². The fourth-order valence-electron chi connectivity index (χ4n) is 1.95. The molecule has 0 amide bonds. The van der Waals surface area contributed by atoms with Gasteiger partial charge in [0.15, 0.2) is 5.11 Å². The molecule has 1 saturated heterocycles. The summed E-state index contributed by atoms with van der Waals surface area (Å²) in [6, 6.07) is 8.13. The number of rotatable bonds is 2. The van der Waals surface area contributed by atoms with Gasteiger partial charge in [0.05, 0.1) is 7.11 Å². The van der Waals surface area contributed by atoms with Crippen LogP contribution in [0.4, 0.5) is 0 Å². The number of hydrogen-bond acceptors (Lipinski definition) is 3. The number of para-hydroxylation sites is 1. The quantitative estimate of drug-likeness (QED) is 0.829. The number of ether oxygens (including phenoxy) is 1. The summed E-state index contributed by atoms with van der Waals surface area (Å²) in [7, 11) is 3.57. The Kier molecular flexibility index (Phi) is 4.12. The van der Waals surface area contributed by atoms with E-state index in [-0.39, 0.29) is 5.37 Å². The van der Waals surface area contributed by atoms with Crippen LogP contribution in [0.15, 0.2) is 24.3 Å². The zero-order valence-corrected chi connectivity index (χ0v) is 11.6. The highest BCUT2D eigenvalue weighted by Crippen LogP contribution is 2.41. The maximum Gasteiger partial charge on any atom is 0.169 e. The molecule has 0 saturated carbocycles. The third kappa shape index (κ3) is 2.50. The molecule has 0 bridgehead atoms. The van der Waals surface area contributed by atoms with E-state index in [9.17, 15) is 0 Å². The Morgan fingerprint density at radius 2 is 2.29 bits per heavy atom. The summed E-state index contributed by atoms with van der Waals surface area (Å²) in [5, 5.41) is 4.10. The van der Waals surface area contributed by atoms with E-state index in [2.05, 4.69) is 16.3 Å². The van der Waals surface area contributed by atoms with Crippen molar-refractivity contribution in [2.24, 2.45) is 0 Å². The third-order valence-electron chi connectivity index (χ3n) is 2.77. The van der Waals surface area contributed by atoms with Crippen molar-refractivity contribution in [2.75, 3.05) is 26.5 Å². The highest BCUT2D eigenvalue weighted by atomic mass is 32.2. The summed E-state index contributed by atoms with van der Waals surface area (Å²) in [4.78, 5) is 2.21. The molecule has 1 aromatic carbocycles. The van der Waals surface area contributed by atoms with Crippen molar-refractivity contribution in [3.63, 3.8) is 0 Å². The topological polar surface area (TPSA) is 24.5 Å². The van der Waals surface area contributed by atoms with Crippen LogP contribution in [0.5, 0.6) is 5.75 Å². The summed E-state index contributed by atoms with van der Waals surface area (Å²) in [5.41, 5.74) is 1.19. The molecule has 0 radical (unpaired) electrons. The molecule has 1 unspecified atom stereocenters. The second-order valence-electron chi connectivity index (χ2n) is 3.71. The van der Waals surface area contributed by atoms with Crippen LogP contribution in [0, 0.1) is 0 Å². The predicted octanol–water partition coefficient (Wildman–Crippen LogP) is 2.25. The van der Waals surface area contributed by atoms with Crippen molar-refractivity contribution < 1.29 is 4.74 Å². The van der Waals surface area contributed by atoms with Gasteiger partial charge in [-0.05, 0) is 18.3 Å². The van der Waals surface area contributed by atoms with Crippen LogP contribution in [-0.2, 0) is 0 Å². The molecule has 1 heterocycles. The maximum absolute atomic E-state index is 5.42. The zero-order valence-electron chi connectivity index (χ0n) is 9.97. The van der Waals surface area contributed by atoms with Crippen molar-refractivity contribution in [3.05, 3.63) is 29.8 Å². The molecule has 0 aliphatic carbocycles.